The third kappa shape index (κ3) is 2.51. The lowest BCUT2D eigenvalue weighted by Gasteiger charge is -2.05. The lowest BCUT2D eigenvalue weighted by molar-refractivity contribution is 0.0638. The van der Waals surface area contributed by atoms with Gasteiger partial charge in [-0.1, -0.05) is 11.6 Å². The van der Waals surface area contributed by atoms with E-state index in [1.165, 1.54) is 0 Å². The smallest absolute Gasteiger partial charge is 0.355 e. The number of hydrogen-bond acceptors (Lipinski definition) is 3. The van der Waals surface area contributed by atoms with Gasteiger partial charge in [0.05, 0.1) is 10.6 Å². The van der Waals surface area contributed by atoms with Crippen molar-refractivity contribution in [1.82, 2.24) is 14.3 Å². The molecule has 112 valence electrons. The summed E-state index contributed by atoms with van der Waals surface area (Å²) in [7, 11) is 0. The number of carboxylic acid groups (broad SMARTS) is 1. The SMILES string of the molecule is Cc1nn(-c2cc(C(=O)O)c(Cl)cc2F)c(=O)n1C(F)F. The van der Waals surface area contributed by atoms with Gasteiger partial charge in [0.1, 0.15) is 11.5 Å². The molecule has 6 nitrogen and oxygen atoms in total. The number of hydrogen-bond donors (Lipinski definition) is 1. The van der Waals surface area contributed by atoms with Gasteiger partial charge in [0.15, 0.2) is 5.82 Å². The molecule has 0 bridgehead atoms. The largest absolute Gasteiger partial charge is 0.478 e. The lowest BCUT2D eigenvalue weighted by atomic mass is 10.2. The van der Waals surface area contributed by atoms with Crippen molar-refractivity contribution >= 4 is 17.6 Å². The molecule has 1 aromatic carbocycles. The summed E-state index contributed by atoms with van der Waals surface area (Å²) >= 11 is 5.56. The number of halogens is 4. The first kappa shape index (κ1) is 15.1. The molecule has 1 heterocycles. The topological polar surface area (TPSA) is 77.1 Å². The Bertz CT molecular complexity index is 785. The van der Waals surface area contributed by atoms with Gasteiger partial charge < -0.3 is 5.11 Å². The standard InChI is InChI=1S/C11H7ClF3N3O3/c1-4-16-18(11(21)17(4)10(14)15)8-2-5(9(19)20)6(12)3-7(8)13/h2-3,10H,1H3,(H,19,20). The van der Waals surface area contributed by atoms with Crippen LogP contribution in [0.2, 0.25) is 5.02 Å². The van der Waals surface area contributed by atoms with Crippen LogP contribution in [0.1, 0.15) is 22.7 Å². The third-order valence-corrected chi connectivity index (χ3v) is 2.98. The molecular formula is C11H7ClF3N3O3. The number of aromatic carboxylic acids is 1. The number of aryl methyl sites for hydroxylation is 1. The van der Waals surface area contributed by atoms with E-state index in [4.69, 9.17) is 16.7 Å². The molecule has 0 saturated heterocycles. The lowest BCUT2D eigenvalue weighted by Crippen LogP contribution is -2.25. The Morgan fingerprint density at radius 2 is 2.05 bits per heavy atom. The maximum atomic E-state index is 13.8. The van der Waals surface area contributed by atoms with E-state index in [9.17, 15) is 22.8 Å². The summed E-state index contributed by atoms with van der Waals surface area (Å²) < 4.78 is 39.6. The molecule has 2 rings (SSSR count). The highest BCUT2D eigenvalue weighted by atomic mass is 35.5. The minimum absolute atomic E-state index is 0.0501. The van der Waals surface area contributed by atoms with Crippen molar-refractivity contribution in [3.05, 3.63) is 44.8 Å². The van der Waals surface area contributed by atoms with E-state index >= 15 is 0 Å². The number of carboxylic acids is 1. The van der Waals surface area contributed by atoms with Crippen LogP contribution in [0.3, 0.4) is 0 Å². The Morgan fingerprint density at radius 1 is 1.43 bits per heavy atom. The van der Waals surface area contributed by atoms with Crippen molar-refractivity contribution in [2.45, 2.75) is 13.5 Å². The van der Waals surface area contributed by atoms with E-state index in [1.807, 2.05) is 0 Å². The summed E-state index contributed by atoms with van der Waals surface area (Å²) in [6.45, 7) is -2.02. The van der Waals surface area contributed by atoms with Crippen LogP contribution in [-0.2, 0) is 0 Å². The number of alkyl halides is 2. The fourth-order valence-corrected chi connectivity index (χ4v) is 1.95. The molecule has 0 aliphatic carbocycles. The van der Waals surface area contributed by atoms with Crippen LogP contribution in [0, 0.1) is 12.7 Å². The molecule has 0 aliphatic rings. The summed E-state index contributed by atoms with van der Waals surface area (Å²) in [4.78, 5) is 22.7. The van der Waals surface area contributed by atoms with Crippen LogP contribution in [0.4, 0.5) is 13.2 Å². The zero-order valence-electron chi connectivity index (χ0n) is 10.3. The first-order valence-corrected chi connectivity index (χ1v) is 5.81. The van der Waals surface area contributed by atoms with E-state index in [-0.39, 0.29) is 15.4 Å². The zero-order valence-corrected chi connectivity index (χ0v) is 11.1. The van der Waals surface area contributed by atoms with Gasteiger partial charge in [-0.05, 0) is 19.1 Å². The highest BCUT2D eigenvalue weighted by Crippen LogP contribution is 2.23. The maximum absolute atomic E-state index is 13.8. The normalized spacial score (nSPS) is 11.1. The van der Waals surface area contributed by atoms with Crippen molar-refractivity contribution < 1.29 is 23.1 Å². The summed E-state index contributed by atoms with van der Waals surface area (Å²) in [6, 6.07) is 1.42. The predicted octanol–water partition coefficient (Wildman–Crippen LogP) is 2.23. The summed E-state index contributed by atoms with van der Waals surface area (Å²) in [5.74, 6) is -2.87. The number of aromatic nitrogens is 3. The molecule has 0 aliphatic heterocycles. The van der Waals surface area contributed by atoms with Crippen molar-refractivity contribution in [3.8, 4) is 5.69 Å². The van der Waals surface area contributed by atoms with Crippen molar-refractivity contribution in [2.75, 3.05) is 0 Å². The predicted molar refractivity (Wildman–Crippen MR) is 65.7 cm³/mol. The van der Waals surface area contributed by atoms with Gasteiger partial charge >= 0.3 is 18.2 Å². The third-order valence-electron chi connectivity index (χ3n) is 2.67. The van der Waals surface area contributed by atoms with Gasteiger partial charge in [0.2, 0.25) is 0 Å². The van der Waals surface area contributed by atoms with E-state index in [1.54, 1.807) is 0 Å². The molecule has 21 heavy (non-hydrogen) atoms. The first-order chi connectivity index (χ1) is 9.73. The van der Waals surface area contributed by atoms with Crippen LogP contribution < -0.4 is 5.69 Å². The van der Waals surface area contributed by atoms with Gasteiger partial charge in [-0.3, -0.25) is 0 Å². The Labute approximate surface area is 120 Å². The highest BCUT2D eigenvalue weighted by molar-refractivity contribution is 6.33. The van der Waals surface area contributed by atoms with Crippen LogP contribution in [-0.4, -0.2) is 25.4 Å². The molecule has 0 radical (unpaired) electrons. The molecule has 10 heteroatoms. The average Bonchev–Trinajstić information content (AvgIpc) is 2.64. The van der Waals surface area contributed by atoms with Crippen LogP contribution >= 0.6 is 11.6 Å². The second kappa shape index (κ2) is 5.24. The summed E-state index contributed by atoms with van der Waals surface area (Å²) in [6.07, 6.45) is 0. The Hall–Kier alpha value is -2.29. The monoisotopic (exact) mass is 321 g/mol. The molecular weight excluding hydrogens is 315 g/mol. The second-order valence-electron chi connectivity index (χ2n) is 3.98. The first-order valence-electron chi connectivity index (χ1n) is 5.43. The molecule has 0 atom stereocenters. The van der Waals surface area contributed by atoms with Crippen molar-refractivity contribution in [1.29, 1.82) is 0 Å². The Kier molecular flexibility index (Phi) is 3.77. The van der Waals surface area contributed by atoms with E-state index in [0.717, 1.165) is 13.0 Å². The van der Waals surface area contributed by atoms with Gasteiger partial charge in [-0.2, -0.15) is 13.5 Å². The minimum atomic E-state index is -3.15. The fourth-order valence-electron chi connectivity index (χ4n) is 1.72. The molecule has 1 aromatic heterocycles. The molecule has 0 saturated carbocycles. The number of carbonyl (C=O) groups is 1. The maximum Gasteiger partial charge on any atom is 0.355 e. The zero-order chi connectivity index (χ0) is 15.9. The quantitative estimate of drug-likeness (QED) is 0.940. The fraction of sp³-hybridized carbons (Fsp3) is 0.182. The molecule has 0 amide bonds. The van der Waals surface area contributed by atoms with Crippen LogP contribution in [0.25, 0.3) is 5.69 Å². The number of benzene rings is 1. The van der Waals surface area contributed by atoms with Gasteiger partial charge in [0.25, 0.3) is 0 Å². The number of nitrogens with zero attached hydrogens (tertiary/aromatic N) is 3. The van der Waals surface area contributed by atoms with E-state index in [0.29, 0.717) is 10.7 Å². The average molecular weight is 322 g/mol. The van der Waals surface area contributed by atoms with Gasteiger partial charge in [0, 0.05) is 0 Å². The Balaban J connectivity index is 2.74. The van der Waals surface area contributed by atoms with Crippen molar-refractivity contribution in [3.63, 3.8) is 0 Å². The minimum Gasteiger partial charge on any atom is -0.478 e. The van der Waals surface area contributed by atoms with E-state index < -0.39 is 35.3 Å². The molecule has 0 fully saturated rings. The van der Waals surface area contributed by atoms with Crippen LogP contribution in [0.15, 0.2) is 16.9 Å². The van der Waals surface area contributed by atoms with E-state index in [2.05, 4.69) is 5.10 Å². The summed E-state index contributed by atoms with van der Waals surface area (Å²) in [5, 5.41) is 12.0. The van der Waals surface area contributed by atoms with Gasteiger partial charge in [-0.25, -0.2) is 18.5 Å². The van der Waals surface area contributed by atoms with Crippen LogP contribution in [0.5, 0.6) is 0 Å². The molecule has 0 unspecified atom stereocenters. The summed E-state index contributed by atoms with van der Waals surface area (Å²) in [5.41, 5.74) is -2.35. The molecule has 2 aromatic rings. The Morgan fingerprint density at radius 3 is 2.52 bits per heavy atom. The molecule has 0 spiro atoms. The second-order valence-corrected chi connectivity index (χ2v) is 4.39. The highest BCUT2D eigenvalue weighted by Gasteiger charge is 2.22. The molecule has 1 N–H and O–H groups in total. The number of rotatable bonds is 3. The van der Waals surface area contributed by atoms with Crippen molar-refractivity contribution in [2.24, 2.45) is 0 Å². The van der Waals surface area contributed by atoms with Gasteiger partial charge in [-0.15, -0.1) is 5.10 Å².